The highest BCUT2D eigenvalue weighted by Gasteiger charge is 2.43. The van der Waals surface area contributed by atoms with E-state index in [0.717, 1.165) is 0 Å². The van der Waals surface area contributed by atoms with Crippen LogP contribution in [0, 0.1) is 0 Å². The SMILES string of the molecule is COC(=O)[C@](C)(NC(=O)OC(C)(C)C)[C@H](C)OC. The topological polar surface area (TPSA) is 73.9 Å². The summed E-state index contributed by atoms with van der Waals surface area (Å²) >= 11 is 0. The maximum Gasteiger partial charge on any atom is 0.408 e. The van der Waals surface area contributed by atoms with Crippen LogP contribution < -0.4 is 5.32 Å². The minimum Gasteiger partial charge on any atom is -0.467 e. The number of alkyl carbamates (subject to hydrolysis) is 1. The molecule has 1 N–H and O–H groups in total. The molecule has 0 fully saturated rings. The maximum atomic E-state index is 11.8. The van der Waals surface area contributed by atoms with Crippen molar-refractivity contribution in [3.05, 3.63) is 0 Å². The minimum atomic E-state index is -1.30. The standard InChI is InChI=1S/C12H23NO5/c1-8(16-6)12(5,9(14)17-7)13-10(15)18-11(2,3)4/h8H,1-7H3,(H,13,15)/t8-,12+/m0/s1. The summed E-state index contributed by atoms with van der Waals surface area (Å²) in [5, 5.41) is 2.49. The molecule has 0 aliphatic carbocycles. The normalized spacial score (nSPS) is 16.4. The number of amides is 1. The quantitative estimate of drug-likeness (QED) is 0.776. The van der Waals surface area contributed by atoms with Crippen LogP contribution in [-0.4, -0.2) is 43.5 Å². The van der Waals surface area contributed by atoms with Crippen LogP contribution in [0.15, 0.2) is 0 Å². The summed E-state index contributed by atoms with van der Waals surface area (Å²) in [5.74, 6) is -0.595. The molecule has 0 heterocycles. The van der Waals surface area contributed by atoms with Crippen molar-refractivity contribution in [2.24, 2.45) is 0 Å². The first-order valence-electron chi connectivity index (χ1n) is 5.69. The van der Waals surface area contributed by atoms with Crippen LogP contribution in [0.4, 0.5) is 4.79 Å². The third-order valence-corrected chi connectivity index (χ3v) is 2.54. The lowest BCUT2D eigenvalue weighted by atomic mass is 9.96. The van der Waals surface area contributed by atoms with E-state index >= 15 is 0 Å². The monoisotopic (exact) mass is 261 g/mol. The fourth-order valence-electron chi connectivity index (χ4n) is 1.28. The molecule has 0 aromatic rings. The van der Waals surface area contributed by atoms with E-state index in [1.807, 2.05) is 0 Å². The summed E-state index contributed by atoms with van der Waals surface area (Å²) in [7, 11) is 2.70. The lowest BCUT2D eigenvalue weighted by Crippen LogP contribution is -2.60. The summed E-state index contributed by atoms with van der Waals surface area (Å²) in [6, 6.07) is 0. The summed E-state index contributed by atoms with van der Waals surface area (Å²) in [6.07, 6.45) is -1.25. The number of carbonyl (C=O) groups excluding carboxylic acids is 2. The van der Waals surface area contributed by atoms with Crippen LogP contribution in [0.1, 0.15) is 34.6 Å². The summed E-state index contributed by atoms with van der Waals surface area (Å²) in [5.41, 5.74) is -1.94. The Hall–Kier alpha value is -1.30. The zero-order valence-corrected chi connectivity index (χ0v) is 12.1. The number of hydrogen-bond acceptors (Lipinski definition) is 5. The Morgan fingerprint density at radius 3 is 1.94 bits per heavy atom. The van der Waals surface area contributed by atoms with Crippen molar-refractivity contribution in [2.45, 2.75) is 51.9 Å². The Morgan fingerprint density at radius 2 is 1.61 bits per heavy atom. The van der Waals surface area contributed by atoms with Gasteiger partial charge in [0, 0.05) is 7.11 Å². The molecule has 0 spiro atoms. The second-order valence-electron chi connectivity index (χ2n) is 5.20. The van der Waals surface area contributed by atoms with Crippen molar-refractivity contribution >= 4 is 12.1 Å². The smallest absolute Gasteiger partial charge is 0.408 e. The maximum absolute atomic E-state index is 11.8. The highest BCUT2D eigenvalue weighted by atomic mass is 16.6. The first-order valence-corrected chi connectivity index (χ1v) is 5.69. The van der Waals surface area contributed by atoms with Crippen molar-refractivity contribution < 1.29 is 23.8 Å². The molecule has 0 saturated carbocycles. The van der Waals surface area contributed by atoms with E-state index in [1.165, 1.54) is 21.1 Å². The van der Waals surface area contributed by atoms with Crippen LogP contribution in [0.3, 0.4) is 0 Å². The molecule has 0 aliphatic rings. The molecule has 0 rings (SSSR count). The van der Waals surface area contributed by atoms with Crippen molar-refractivity contribution in [1.29, 1.82) is 0 Å². The highest BCUT2D eigenvalue weighted by molar-refractivity contribution is 5.86. The molecule has 6 heteroatoms. The van der Waals surface area contributed by atoms with E-state index in [4.69, 9.17) is 9.47 Å². The predicted octanol–water partition coefficient (Wildman–Crippen LogP) is 1.48. The Balaban J connectivity index is 4.92. The van der Waals surface area contributed by atoms with Crippen molar-refractivity contribution in [2.75, 3.05) is 14.2 Å². The first kappa shape index (κ1) is 16.7. The van der Waals surface area contributed by atoms with Gasteiger partial charge in [0.15, 0.2) is 5.54 Å². The second kappa shape index (κ2) is 6.04. The fraction of sp³-hybridized carbons (Fsp3) is 0.833. The van der Waals surface area contributed by atoms with E-state index in [1.54, 1.807) is 27.7 Å². The Bertz CT molecular complexity index is 310. The Kier molecular flexibility index (Phi) is 5.60. The van der Waals surface area contributed by atoms with Gasteiger partial charge in [0.2, 0.25) is 0 Å². The van der Waals surface area contributed by atoms with Crippen LogP contribution in [0.2, 0.25) is 0 Å². The van der Waals surface area contributed by atoms with E-state index in [2.05, 4.69) is 10.1 Å². The molecule has 0 aromatic carbocycles. The lowest BCUT2D eigenvalue weighted by molar-refractivity contribution is -0.153. The number of methoxy groups -OCH3 is 2. The Labute approximate surface area is 108 Å². The molecule has 0 radical (unpaired) electrons. The summed E-state index contributed by atoms with van der Waals surface area (Å²) in [4.78, 5) is 23.5. The van der Waals surface area contributed by atoms with Gasteiger partial charge in [-0.05, 0) is 34.6 Å². The van der Waals surface area contributed by atoms with Gasteiger partial charge in [-0.15, -0.1) is 0 Å². The van der Waals surface area contributed by atoms with Gasteiger partial charge in [-0.25, -0.2) is 9.59 Å². The van der Waals surface area contributed by atoms with Crippen LogP contribution in [0.25, 0.3) is 0 Å². The average Bonchev–Trinajstić information content (AvgIpc) is 2.23. The third kappa shape index (κ3) is 4.52. The molecule has 18 heavy (non-hydrogen) atoms. The molecule has 0 aliphatic heterocycles. The van der Waals surface area contributed by atoms with Gasteiger partial charge in [0.1, 0.15) is 5.60 Å². The number of esters is 1. The van der Waals surface area contributed by atoms with E-state index < -0.39 is 29.3 Å². The van der Waals surface area contributed by atoms with Gasteiger partial charge in [0.25, 0.3) is 0 Å². The van der Waals surface area contributed by atoms with Crippen LogP contribution in [-0.2, 0) is 19.0 Å². The average molecular weight is 261 g/mol. The number of hydrogen-bond donors (Lipinski definition) is 1. The fourth-order valence-corrected chi connectivity index (χ4v) is 1.28. The third-order valence-electron chi connectivity index (χ3n) is 2.54. The zero-order chi connectivity index (χ0) is 14.6. The summed E-state index contributed by atoms with van der Waals surface area (Å²) in [6.45, 7) is 8.40. The molecule has 0 bridgehead atoms. The number of carbonyl (C=O) groups is 2. The molecule has 106 valence electrons. The molecular weight excluding hydrogens is 238 g/mol. The number of rotatable bonds is 4. The van der Waals surface area contributed by atoms with Crippen molar-refractivity contribution in [1.82, 2.24) is 5.32 Å². The number of ether oxygens (including phenoxy) is 3. The molecular formula is C12H23NO5. The van der Waals surface area contributed by atoms with Crippen LogP contribution in [0.5, 0.6) is 0 Å². The molecule has 0 unspecified atom stereocenters. The van der Waals surface area contributed by atoms with Gasteiger partial charge in [0.05, 0.1) is 13.2 Å². The van der Waals surface area contributed by atoms with E-state index in [0.29, 0.717) is 0 Å². The van der Waals surface area contributed by atoms with Crippen molar-refractivity contribution in [3.8, 4) is 0 Å². The van der Waals surface area contributed by atoms with Gasteiger partial charge in [-0.3, -0.25) is 0 Å². The van der Waals surface area contributed by atoms with Gasteiger partial charge in [-0.2, -0.15) is 0 Å². The van der Waals surface area contributed by atoms with Gasteiger partial charge >= 0.3 is 12.1 Å². The minimum absolute atomic E-state index is 0.558. The molecule has 0 saturated heterocycles. The van der Waals surface area contributed by atoms with Gasteiger partial charge < -0.3 is 19.5 Å². The number of nitrogens with one attached hydrogen (secondary N) is 1. The largest absolute Gasteiger partial charge is 0.467 e. The molecule has 0 aromatic heterocycles. The molecule has 1 amide bonds. The predicted molar refractivity (Wildman–Crippen MR) is 66.3 cm³/mol. The van der Waals surface area contributed by atoms with E-state index in [9.17, 15) is 9.59 Å². The zero-order valence-electron chi connectivity index (χ0n) is 12.1. The highest BCUT2D eigenvalue weighted by Crippen LogP contribution is 2.16. The Morgan fingerprint density at radius 1 is 1.11 bits per heavy atom. The first-order chi connectivity index (χ1) is 8.06. The summed E-state index contributed by atoms with van der Waals surface area (Å²) < 4.78 is 14.9. The lowest BCUT2D eigenvalue weighted by Gasteiger charge is -2.33. The van der Waals surface area contributed by atoms with Gasteiger partial charge in [-0.1, -0.05) is 0 Å². The molecule has 2 atom stereocenters. The second-order valence-corrected chi connectivity index (χ2v) is 5.20. The van der Waals surface area contributed by atoms with Crippen LogP contribution >= 0.6 is 0 Å². The van der Waals surface area contributed by atoms with E-state index in [-0.39, 0.29) is 0 Å². The van der Waals surface area contributed by atoms with Crippen molar-refractivity contribution in [3.63, 3.8) is 0 Å². The molecule has 6 nitrogen and oxygen atoms in total.